The lowest BCUT2D eigenvalue weighted by Gasteiger charge is -2.36. The maximum atomic E-state index is 13.0. The third-order valence-corrected chi connectivity index (χ3v) is 4.47. The van der Waals surface area contributed by atoms with Gasteiger partial charge < -0.3 is 9.80 Å². The summed E-state index contributed by atoms with van der Waals surface area (Å²) in [6.45, 7) is 1.87. The van der Waals surface area contributed by atoms with Crippen LogP contribution in [0.25, 0.3) is 0 Å². The molecule has 0 saturated carbocycles. The average molecular weight is 387 g/mol. The zero-order chi connectivity index (χ0) is 18.9. The van der Waals surface area contributed by atoms with Gasteiger partial charge in [0.25, 0.3) is 5.69 Å². The van der Waals surface area contributed by atoms with E-state index < -0.39 is 27.4 Å². The molecule has 3 rings (SSSR count). The van der Waals surface area contributed by atoms with Gasteiger partial charge >= 0.3 is 6.18 Å². The Balaban J connectivity index is 1.86. The molecule has 1 aliphatic rings. The average Bonchev–Trinajstić information content (AvgIpc) is 2.61. The summed E-state index contributed by atoms with van der Waals surface area (Å²) < 4.78 is 38.9. The Hall–Kier alpha value is -2.55. The van der Waals surface area contributed by atoms with Crippen LogP contribution in [0.3, 0.4) is 0 Å². The summed E-state index contributed by atoms with van der Waals surface area (Å²) in [5, 5.41) is 10.7. The van der Waals surface area contributed by atoms with Crippen molar-refractivity contribution < 1.29 is 18.1 Å². The summed E-state index contributed by atoms with van der Waals surface area (Å²) in [5.74, 6) is 0.784. The van der Waals surface area contributed by atoms with Crippen molar-refractivity contribution in [1.82, 2.24) is 4.98 Å². The summed E-state index contributed by atoms with van der Waals surface area (Å²) in [4.78, 5) is 18.4. The van der Waals surface area contributed by atoms with E-state index in [1.165, 1.54) is 0 Å². The van der Waals surface area contributed by atoms with Gasteiger partial charge in [0.1, 0.15) is 11.5 Å². The van der Waals surface area contributed by atoms with Crippen LogP contribution in [0.1, 0.15) is 5.56 Å². The van der Waals surface area contributed by atoms with Gasteiger partial charge in [0.05, 0.1) is 15.5 Å². The zero-order valence-corrected chi connectivity index (χ0v) is 14.2. The van der Waals surface area contributed by atoms with E-state index in [0.29, 0.717) is 32.2 Å². The SMILES string of the molecule is O=[N+]([O-])c1cc(C(F)(F)F)c(Cl)cc1N1CCN(c2ccccn2)CC1. The van der Waals surface area contributed by atoms with E-state index in [4.69, 9.17) is 11.6 Å². The Morgan fingerprint density at radius 3 is 2.31 bits per heavy atom. The number of hydrogen-bond donors (Lipinski definition) is 0. The van der Waals surface area contributed by atoms with Crippen molar-refractivity contribution in [2.24, 2.45) is 0 Å². The first-order valence-electron chi connectivity index (χ1n) is 7.73. The molecule has 0 radical (unpaired) electrons. The number of pyridine rings is 1. The van der Waals surface area contributed by atoms with Crippen LogP contribution in [0.5, 0.6) is 0 Å². The molecule has 2 heterocycles. The highest BCUT2D eigenvalue weighted by atomic mass is 35.5. The number of nitro benzene ring substituents is 1. The summed E-state index contributed by atoms with van der Waals surface area (Å²) in [5.41, 5.74) is -1.72. The van der Waals surface area contributed by atoms with E-state index >= 15 is 0 Å². The van der Waals surface area contributed by atoms with Gasteiger partial charge in [0.2, 0.25) is 0 Å². The van der Waals surface area contributed by atoms with Crippen LogP contribution >= 0.6 is 11.6 Å². The normalized spacial score (nSPS) is 15.2. The van der Waals surface area contributed by atoms with Crippen molar-refractivity contribution in [2.75, 3.05) is 36.0 Å². The molecule has 1 aromatic heterocycles. The van der Waals surface area contributed by atoms with Crippen LogP contribution in [-0.4, -0.2) is 36.1 Å². The van der Waals surface area contributed by atoms with Gasteiger partial charge in [-0.3, -0.25) is 10.1 Å². The minimum Gasteiger partial charge on any atom is -0.362 e. The minimum atomic E-state index is -4.75. The Morgan fingerprint density at radius 2 is 1.77 bits per heavy atom. The second-order valence-electron chi connectivity index (χ2n) is 5.74. The molecule has 0 atom stereocenters. The number of nitro groups is 1. The molecule has 1 aliphatic heterocycles. The molecule has 138 valence electrons. The van der Waals surface area contributed by atoms with E-state index in [1.54, 1.807) is 17.2 Å². The highest BCUT2D eigenvalue weighted by Crippen LogP contribution is 2.41. The molecule has 2 aromatic rings. The lowest BCUT2D eigenvalue weighted by atomic mass is 10.1. The van der Waals surface area contributed by atoms with Gasteiger partial charge in [-0.2, -0.15) is 13.2 Å². The maximum Gasteiger partial charge on any atom is 0.418 e. The van der Waals surface area contributed by atoms with E-state index in [-0.39, 0.29) is 5.69 Å². The van der Waals surface area contributed by atoms with Crippen LogP contribution in [-0.2, 0) is 6.18 Å². The second kappa shape index (κ2) is 6.99. The fourth-order valence-electron chi connectivity index (χ4n) is 2.89. The van der Waals surface area contributed by atoms with Crippen LogP contribution in [0.15, 0.2) is 36.5 Å². The molecule has 0 bridgehead atoms. The van der Waals surface area contributed by atoms with Crippen LogP contribution in [0.4, 0.5) is 30.4 Å². The number of alkyl halides is 3. The van der Waals surface area contributed by atoms with Crippen molar-refractivity contribution in [2.45, 2.75) is 6.18 Å². The fourth-order valence-corrected chi connectivity index (χ4v) is 3.15. The van der Waals surface area contributed by atoms with Gasteiger partial charge in [0, 0.05) is 38.4 Å². The largest absolute Gasteiger partial charge is 0.418 e. The number of halogens is 4. The van der Waals surface area contributed by atoms with Crippen LogP contribution < -0.4 is 9.80 Å². The number of anilines is 2. The summed E-state index contributed by atoms with van der Waals surface area (Å²) in [6.07, 6.45) is -3.08. The van der Waals surface area contributed by atoms with Crippen LogP contribution in [0.2, 0.25) is 5.02 Å². The predicted molar refractivity (Wildman–Crippen MR) is 91.8 cm³/mol. The molecule has 6 nitrogen and oxygen atoms in total. The predicted octanol–water partition coefficient (Wildman–Crippen LogP) is 3.99. The third kappa shape index (κ3) is 3.67. The minimum absolute atomic E-state index is 0.0914. The molecule has 1 aromatic carbocycles. The van der Waals surface area contributed by atoms with Crippen LogP contribution in [0, 0.1) is 10.1 Å². The molecule has 0 aliphatic carbocycles. The Bertz CT molecular complexity index is 809. The Kier molecular flexibility index (Phi) is 4.90. The van der Waals surface area contributed by atoms with E-state index in [9.17, 15) is 23.3 Å². The van der Waals surface area contributed by atoms with Crippen molar-refractivity contribution in [3.05, 3.63) is 57.2 Å². The molecule has 26 heavy (non-hydrogen) atoms. The second-order valence-corrected chi connectivity index (χ2v) is 6.14. The molecule has 0 amide bonds. The topological polar surface area (TPSA) is 62.5 Å². The molecule has 0 unspecified atom stereocenters. The molecule has 0 spiro atoms. The highest BCUT2D eigenvalue weighted by molar-refractivity contribution is 6.31. The first kappa shape index (κ1) is 18.2. The first-order valence-corrected chi connectivity index (χ1v) is 8.11. The van der Waals surface area contributed by atoms with E-state index in [0.717, 1.165) is 11.9 Å². The molecule has 10 heteroatoms. The van der Waals surface area contributed by atoms with Crippen molar-refractivity contribution >= 4 is 28.8 Å². The van der Waals surface area contributed by atoms with E-state index in [1.807, 2.05) is 17.0 Å². The Labute approximate surface area is 151 Å². The van der Waals surface area contributed by atoms with Crippen molar-refractivity contribution in [3.8, 4) is 0 Å². The summed E-state index contributed by atoms with van der Waals surface area (Å²) in [7, 11) is 0. The standard InChI is InChI=1S/C16H14ClF3N4O2/c17-12-10-13(14(24(25)26)9-11(12)16(18,19)20)22-5-7-23(8-6-22)15-3-1-2-4-21-15/h1-4,9-10H,5-8H2. The summed E-state index contributed by atoms with van der Waals surface area (Å²) in [6, 6.07) is 7.04. The molecular formula is C16H14ClF3N4O2. The number of nitrogens with zero attached hydrogens (tertiary/aromatic N) is 4. The smallest absolute Gasteiger partial charge is 0.362 e. The monoisotopic (exact) mass is 386 g/mol. The highest BCUT2D eigenvalue weighted by Gasteiger charge is 2.37. The lowest BCUT2D eigenvalue weighted by molar-refractivity contribution is -0.384. The van der Waals surface area contributed by atoms with Crippen molar-refractivity contribution in [1.29, 1.82) is 0 Å². The number of piperazine rings is 1. The first-order chi connectivity index (χ1) is 12.3. The number of benzene rings is 1. The molecule has 1 saturated heterocycles. The van der Waals surface area contributed by atoms with Gasteiger partial charge in [0.15, 0.2) is 0 Å². The van der Waals surface area contributed by atoms with Crippen molar-refractivity contribution in [3.63, 3.8) is 0 Å². The van der Waals surface area contributed by atoms with E-state index in [2.05, 4.69) is 4.98 Å². The number of rotatable bonds is 3. The zero-order valence-electron chi connectivity index (χ0n) is 13.4. The number of aromatic nitrogens is 1. The molecule has 0 N–H and O–H groups in total. The Morgan fingerprint density at radius 1 is 1.12 bits per heavy atom. The number of hydrogen-bond acceptors (Lipinski definition) is 5. The van der Waals surface area contributed by atoms with Gasteiger partial charge in [-0.25, -0.2) is 4.98 Å². The lowest BCUT2D eigenvalue weighted by Crippen LogP contribution is -2.47. The quantitative estimate of drug-likeness (QED) is 0.589. The van der Waals surface area contributed by atoms with Gasteiger partial charge in [-0.15, -0.1) is 0 Å². The maximum absolute atomic E-state index is 13.0. The third-order valence-electron chi connectivity index (χ3n) is 4.16. The summed E-state index contributed by atoms with van der Waals surface area (Å²) >= 11 is 5.74. The fraction of sp³-hybridized carbons (Fsp3) is 0.312. The molecular weight excluding hydrogens is 373 g/mol. The molecule has 1 fully saturated rings. The van der Waals surface area contributed by atoms with Gasteiger partial charge in [-0.05, 0) is 18.2 Å². The van der Waals surface area contributed by atoms with Gasteiger partial charge in [-0.1, -0.05) is 17.7 Å².